The summed E-state index contributed by atoms with van der Waals surface area (Å²) < 4.78 is 16.9. The van der Waals surface area contributed by atoms with Crippen molar-refractivity contribution in [1.29, 1.82) is 0 Å². The molecule has 0 aromatic heterocycles. The van der Waals surface area contributed by atoms with Crippen molar-refractivity contribution >= 4 is 5.78 Å². The number of aliphatic hydroxyl groups is 1. The minimum absolute atomic E-state index is 0.0868. The third kappa shape index (κ3) is 4.95. The molecule has 0 saturated carbocycles. The Bertz CT molecular complexity index is 815. The summed E-state index contributed by atoms with van der Waals surface area (Å²) in [5, 5.41) is 11.0. The predicted octanol–water partition coefficient (Wildman–Crippen LogP) is 3.19. The lowest BCUT2D eigenvalue weighted by atomic mass is 10.0. The van der Waals surface area contributed by atoms with Crippen LogP contribution in [0.5, 0.6) is 0 Å². The van der Waals surface area contributed by atoms with Gasteiger partial charge in [0.25, 0.3) is 0 Å². The maximum absolute atomic E-state index is 12.7. The summed E-state index contributed by atoms with van der Waals surface area (Å²) in [4.78, 5) is 12.7. The molecular weight excluding hydrogens is 356 g/mol. The number of hydrogen-bond donors (Lipinski definition) is 1. The molecule has 0 saturated heterocycles. The molecule has 0 bridgehead atoms. The van der Waals surface area contributed by atoms with Gasteiger partial charge in [-0.05, 0) is 17.2 Å². The molecule has 146 valence electrons. The molecule has 0 radical (unpaired) electrons. The minimum Gasteiger partial charge on any atom is -0.485 e. The summed E-state index contributed by atoms with van der Waals surface area (Å²) in [5.74, 6) is -0.313. The lowest BCUT2D eigenvalue weighted by Crippen LogP contribution is -2.46. The van der Waals surface area contributed by atoms with E-state index < -0.39 is 17.5 Å². The molecule has 1 aliphatic rings. The Morgan fingerprint density at radius 2 is 1.61 bits per heavy atom. The van der Waals surface area contributed by atoms with Crippen molar-refractivity contribution in [2.24, 2.45) is 0 Å². The molecule has 0 amide bonds. The fourth-order valence-electron chi connectivity index (χ4n) is 2.99. The normalized spacial score (nSPS) is 21.4. The van der Waals surface area contributed by atoms with Gasteiger partial charge in [0.15, 0.2) is 11.9 Å². The molecule has 1 N–H and O–H groups in total. The highest BCUT2D eigenvalue weighted by molar-refractivity contribution is 6.01. The van der Waals surface area contributed by atoms with E-state index >= 15 is 0 Å². The summed E-state index contributed by atoms with van der Waals surface area (Å²) >= 11 is 0. The van der Waals surface area contributed by atoms with E-state index in [4.69, 9.17) is 14.2 Å². The number of ketones is 1. The highest BCUT2D eigenvalue weighted by atomic mass is 16.5. The molecule has 5 heteroatoms. The molecule has 2 aromatic rings. The molecule has 28 heavy (non-hydrogen) atoms. The lowest BCUT2D eigenvalue weighted by molar-refractivity contribution is -0.146. The van der Waals surface area contributed by atoms with E-state index in [-0.39, 0.29) is 25.6 Å². The SMILES string of the molecule is C=CCO[C@@H]1C(=O)C(OCc2ccccc2)=C[C@]1(O)COCc1ccccc1. The number of rotatable bonds is 10. The number of hydrogen-bond acceptors (Lipinski definition) is 5. The Balaban J connectivity index is 1.67. The van der Waals surface area contributed by atoms with Gasteiger partial charge >= 0.3 is 0 Å². The average Bonchev–Trinajstić information content (AvgIpc) is 2.96. The molecule has 0 heterocycles. The summed E-state index contributed by atoms with van der Waals surface area (Å²) in [6.07, 6.45) is 1.84. The average molecular weight is 380 g/mol. The monoisotopic (exact) mass is 380 g/mol. The van der Waals surface area contributed by atoms with Gasteiger partial charge in [0.05, 0.1) is 19.8 Å². The van der Waals surface area contributed by atoms with E-state index in [1.807, 2.05) is 60.7 Å². The van der Waals surface area contributed by atoms with E-state index in [1.165, 1.54) is 12.2 Å². The van der Waals surface area contributed by atoms with Crippen LogP contribution in [0, 0.1) is 0 Å². The van der Waals surface area contributed by atoms with Gasteiger partial charge in [-0.15, -0.1) is 6.58 Å². The van der Waals surface area contributed by atoms with Crippen molar-refractivity contribution in [3.63, 3.8) is 0 Å². The fraction of sp³-hybridized carbons (Fsp3) is 0.261. The van der Waals surface area contributed by atoms with Gasteiger partial charge in [-0.1, -0.05) is 66.7 Å². The molecule has 2 aromatic carbocycles. The van der Waals surface area contributed by atoms with Crippen LogP contribution >= 0.6 is 0 Å². The second-order valence-electron chi connectivity index (χ2n) is 6.62. The second-order valence-corrected chi connectivity index (χ2v) is 6.62. The largest absolute Gasteiger partial charge is 0.485 e. The van der Waals surface area contributed by atoms with E-state index in [1.54, 1.807) is 0 Å². The smallest absolute Gasteiger partial charge is 0.229 e. The summed E-state index contributed by atoms with van der Waals surface area (Å²) in [5.41, 5.74) is 0.306. The van der Waals surface area contributed by atoms with Crippen molar-refractivity contribution in [2.45, 2.75) is 24.9 Å². The Hall–Kier alpha value is -2.73. The predicted molar refractivity (Wildman–Crippen MR) is 105 cm³/mol. The Kier molecular flexibility index (Phi) is 6.76. The first-order chi connectivity index (χ1) is 13.6. The van der Waals surface area contributed by atoms with Gasteiger partial charge in [-0.2, -0.15) is 0 Å². The molecule has 0 unspecified atom stereocenters. The van der Waals surface area contributed by atoms with Crippen molar-refractivity contribution < 1.29 is 24.1 Å². The van der Waals surface area contributed by atoms with Crippen LogP contribution in [0.3, 0.4) is 0 Å². The Labute approximate surface area is 164 Å². The third-order valence-electron chi connectivity index (χ3n) is 4.38. The molecule has 3 rings (SSSR count). The molecular formula is C23H24O5. The van der Waals surface area contributed by atoms with Gasteiger partial charge in [0.1, 0.15) is 12.2 Å². The molecule has 5 nitrogen and oxygen atoms in total. The minimum atomic E-state index is -1.60. The van der Waals surface area contributed by atoms with Crippen molar-refractivity contribution in [2.75, 3.05) is 13.2 Å². The van der Waals surface area contributed by atoms with Crippen LogP contribution in [-0.4, -0.2) is 35.8 Å². The second kappa shape index (κ2) is 9.46. The number of carbonyl (C=O) groups excluding carboxylic acids is 1. The van der Waals surface area contributed by atoms with Gasteiger partial charge in [-0.3, -0.25) is 4.79 Å². The number of benzene rings is 2. The molecule has 0 spiro atoms. The maximum Gasteiger partial charge on any atom is 0.229 e. The Morgan fingerprint density at radius 3 is 2.21 bits per heavy atom. The first-order valence-electron chi connectivity index (χ1n) is 9.13. The van der Waals surface area contributed by atoms with E-state index in [0.29, 0.717) is 6.61 Å². The lowest BCUT2D eigenvalue weighted by Gasteiger charge is -2.27. The first-order valence-corrected chi connectivity index (χ1v) is 9.13. The van der Waals surface area contributed by atoms with E-state index in [0.717, 1.165) is 11.1 Å². The molecule has 0 aliphatic heterocycles. The standard InChI is InChI=1S/C23H24O5/c1-2-13-27-22-21(24)20(28-16-19-11-7-4-8-12-19)14-23(22,25)17-26-15-18-9-5-3-6-10-18/h2-12,14,22,25H,1,13,15-17H2/t22-,23+/m1/s1. The van der Waals surface area contributed by atoms with Crippen LogP contribution in [-0.2, 0) is 32.2 Å². The van der Waals surface area contributed by atoms with Crippen LogP contribution in [0.2, 0.25) is 0 Å². The summed E-state index contributed by atoms with van der Waals surface area (Å²) in [6, 6.07) is 19.1. The van der Waals surface area contributed by atoms with Gasteiger partial charge in [-0.25, -0.2) is 0 Å². The van der Waals surface area contributed by atoms with Crippen LogP contribution in [0.1, 0.15) is 11.1 Å². The molecule has 0 fully saturated rings. The first kappa shape index (κ1) is 20.0. The van der Waals surface area contributed by atoms with E-state index in [2.05, 4.69) is 6.58 Å². The van der Waals surface area contributed by atoms with Crippen LogP contribution < -0.4 is 0 Å². The topological polar surface area (TPSA) is 65.0 Å². The van der Waals surface area contributed by atoms with Gasteiger partial charge < -0.3 is 19.3 Å². The zero-order chi connectivity index (χ0) is 19.8. The Morgan fingerprint density at radius 1 is 1.00 bits per heavy atom. The zero-order valence-corrected chi connectivity index (χ0v) is 15.6. The highest BCUT2D eigenvalue weighted by Crippen LogP contribution is 2.30. The van der Waals surface area contributed by atoms with E-state index in [9.17, 15) is 9.90 Å². The number of Topliss-reactive ketones (excluding diaryl/α,β-unsaturated/α-hetero) is 1. The van der Waals surface area contributed by atoms with Crippen LogP contribution in [0.25, 0.3) is 0 Å². The third-order valence-corrected chi connectivity index (χ3v) is 4.38. The highest BCUT2D eigenvalue weighted by Gasteiger charge is 2.49. The number of ether oxygens (including phenoxy) is 3. The fourth-order valence-corrected chi connectivity index (χ4v) is 2.99. The van der Waals surface area contributed by atoms with Crippen molar-refractivity contribution in [3.05, 3.63) is 96.3 Å². The van der Waals surface area contributed by atoms with Crippen molar-refractivity contribution in [3.8, 4) is 0 Å². The zero-order valence-electron chi connectivity index (χ0n) is 15.6. The van der Waals surface area contributed by atoms with Crippen LogP contribution in [0.15, 0.2) is 85.2 Å². The van der Waals surface area contributed by atoms with Gasteiger partial charge in [0.2, 0.25) is 5.78 Å². The summed E-state index contributed by atoms with van der Waals surface area (Å²) in [7, 11) is 0. The summed E-state index contributed by atoms with van der Waals surface area (Å²) in [6.45, 7) is 4.19. The molecule has 2 atom stereocenters. The quantitative estimate of drug-likeness (QED) is 0.642. The van der Waals surface area contributed by atoms with Gasteiger partial charge in [0, 0.05) is 0 Å². The molecule has 1 aliphatic carbocycles. The number of carbonyl (C=O) groups is 1. The van der Waals surface area contributed by atoms with Crippen molar-refractivity contribution in [1.82, 2.24) is 0 Å². The maximum atomic E-state index is 12.7. The van der Waals surface area contributed by atoms with Crippen LogP contribution in [0.4, 0.5) is 0 Å².